The van der Waals surface area contributed by atoms with Crippen molar-refractivity contribution in [3.8, 4) is 0 Å². The highest BCUT2D eigenvalue weighted by molar-refractivity contribution is 5.77. The third kappa shape index (κ3) is 3.48. The number of urea groups is 1. The molecule has 1 aromatic rings. The molecule has 1 fully saturated rings. The number of aliphatic carboxylic acids is 1. The summed E-state index contributed by atoms with van der Waals surface area (Å²) < 4.78 is 5.12. The van der Waals surface area contributed by atoms with Gasteiger partial charge in [0.05, 0.1) is 19.3 Å². The van der Waals surface area contributed by atoms with E-state index in [0.717, 1.165) is 5.56 Å². The Bertz CT molecular complexity index is 477. The fraction of sp³-hybridized carbons (Fsp3) is 0.429. The minimum atomic E-state index is -0.946. The van der Waals surface area contributed by atoms with Crippen molar-refractivity contribution in [2.75, 3.05) is 20.3 Å². The van der Waals surface area contributed by atoms with Gasteiger partial charge in [-0.1, -0.05) is 30.3 Å². The maximum Gasteiger partial charge on any atom is 0.317 e. The first-order valence-corrected chi connectivity index (χ1v) is 6.44. The zero-order valence-electron chi connectivity index (χ0n) is 11.3. The van der Waals surface area contributed by atoms with Gasteiger partial charge >= 0.3 is 12.0 Å². The number of carbonyl (C=O) groups is 2. The lowest BCUT2D eigenvalue weighted by molar-refractivity contribution is -0.142. The van der Waals surface area contributed by atoms with Crippen LogP contribution in [0.25, 0.3) is 0 Å². The number of carboxylic acids is 1. The van der Waals surface area contributed by atoms with Crippen LogP contribution in [-0.2, 0) is 16.1 Å². The highest BCUT2D eigenvalue weighted by Crippen LogP contribution is 2.14. The standard InChI is InChI=1S/C14H18N2O4/c1-16(7-10-5-3-2-4-6-10)14(19)15-12-9-20-8-11(12)13(17)18/h2-6,11-12H,7-9H2,1H3,(H,15,19)(H,17,18). The van der Waals surface area contributed by atoms with E-state index in [4.69, 9.17) is 9.84 Å². The van der Waals surface area contributed by atoms with Crippen molar-refractivity contribution in [2.24, 2.45) is 5.92 Å². The first kappa shape index (κ1) is 14.3. The summed E-state index contributed by atoms with van der Waals surface area (Å²) in [6.07, 6.45) is 0. The van der Waals surface area contributed by atoms with Gasteiger partial charge in [-0.3, -0.25) is 4.79 Å². The molecule has 0 spiro atoms. The number of carboxylic acid groups (broad SMARTS) is 1. The number of ether oxygens (including phenoxy) is 1. The predicted molar refractivity (Wildman–Crippen MR) is 72.2 cm³/mol. The van der Waals surface area contributed by atoms with Gasteiger partial charge in [0.15, 0.2) is 0 Å². The largest absolute Gasteiger partial charge is 0.481 e. The van der Waals surface area contributed by atoms with Crippen LogP contribution in [0.1, 0.15) is 5.56 Å². The van der Waals surface area contributed by atoms with Crippen LogP contribution in [-0.4, -0.2) is 48.3 Å². The van der Waals surface area contributed by atoms with E-state index < -0.39 is 17.9 Å². The molecule has 2 rings (SSSR count). The van der Waals surface area contributed by atoms with Crippen molar-refractivity contribution in [2.45, 2.75) is 12.6 Å². The Labute approximate surface area is 117 Å². The molecule has 0 bridgehead atoms. The van der Waals surface area contributed by atoms with Gasteiger partial charge in [0.25, 0.3) is 0 Å². The van der Waals surface area contributed by atoms with Crippen LogP contribution >= 0.6 is 0 Å². The molecule has 20 heavy (non-hydrogen) atoms. The number of nitrogens with zero attached hydrogens (tertiary/aromatic N) is 1. The Kier molecular flexibility index (Phi) is 4.57. The molecule has 1 aromatic carbocycles. The van der Waals surface area contributed by atoms with Crippen molar-refractivity contribution in [3.05, 3.63) is 35.9 Å². The fourth-order valence-electron chi connectivity index (χ4n) is 2.14. The second-order valence-corrected chi connectivity index (χ2v) is 4.88. The van der Waals surface area contributed by atoms with Crippen molar-refractivity contribution in [3.63, 3.8) is 0 Å². The number of rotatable bonds is 4. The molecule has 2 unspecified atom stereocenters. The summed E-state index contributed by atoms with van der Waals surface area (Å²) >= 11 is 0. The fourth-order valence-corrected chi connectivity index (χ4v) is 2.14. The number of amides is 2. The molecule has 0 radical (unpaired) electrons. The zero-order chi connectivity index (χ0) is 14.5. The van der Waals surface area contributed by atoms with Crippen LogP contribution in [0.2, 0.25) is 0 Å². The van der Waals surface area contributed by atoms with Gasteiger partial charge in [0.2, 0.25) is 0 Å². The van der Waals surface area contributed by atoms with Gasteiger partial charge in [0.1, 0.15) is 5.92 Å². The van der Waals surface area contributed by atoms with Gasteiger partial charge < -0.3 is 20.1 Å². The second-order valence-electron chi connectivity index (χ2n) is 4.88. The number of benzene rings is 1. The number of carbonyl (C=O) groups excluding carboxylic acids is 1. The highest BCUT2D eigenvalue weighted by Gasteiger charge is 2.35. The van der Waals surface area contributed by atoms with Gasteiger partial charge in [-0.2, -0.15) is 0 Å². The molecule has 0 saturated carbocycles. The Balaban J connectivity index is 1.89. The summed E-state index contributed by atoms with van der Waals surface area (Å²) in [6.45, 7) is 0.850. The molecule has 1 heterocycles. The van der Waals surface area contributed by atoms with E-state index in [0.29, 0.717) is 6.54 Å². The molecular formula is C14H18N2O4. The summed E-state index contributed by atoms with van der Waals surface area (Å²) in [6, 6.07) is 8.83. The molecule has 0 aromatic heterocycles. The lowest BCUT2D eigenvalue weighted by Gasteiger charge is -2.22. The molecule has 2 amide bonds. The molecule has 1 aliphatic rings. The van der Waals surface area contributed by atoms with Crippen molar-refractivity contribution in [1.82, 2.24) is 10.2 Å². The SMILES string of the molecule is CN(Cc1ccccc1)C(=O)NC1COCC1C(=O)O. The molecule has 1 saturated heterocycles. The zero-order valence-corrected chi connectivity index (χ0v) is 11.3. The van der Waals surface area contributed by atoms with Gasteiger partial charge in [-0.05, 0) is 5.56 Å². The molecule has 2 atom stereocenters. The smallest absolute Gasteiger partial charge is 0.317 e. The molecule has 6 nitrogen and oxygen atoms in total. The number of nitrogens with one attached hydrogen (secondary N) is 1. The summed E-state index contributed by atoms with van der Waals surface area (Å²) in [5.74, 6) is -1.62. The molecule has 2 N–H and O–H groups in total. The van der Waals surface area contributed by atoms with Crippen LogP contribution in [0.15, 0.2) is 30.3 Å². The average Bonchev–Trinajstić information content (AvgIpc) is 2.88. The van der Waals surface area contributed by atoms with Gasteiger partial charge in [-0.25, -0.2) is 4.79 Å². The predicted octanol–water partition coefficient (Wildman–Crippen LogP) is 0.928. The highest BCUT2D eigenvalue weighted by atomic mass is 16.5. The van der Waals surface area contributed by atoms with E-state index in [2.05, 4.69) is 5.32 Å². The van der Waals surface area contributed by atoms with Crippen LogP contribution in [0, 0.1) is 5.92 Å². The minimum absolute atomic E-state index is 0.142. The Hall–Kier alpha value is -2.08. The van der Waals surface area contributed by atoms with E-state index in [9.17, 15) is 9.59 Å². The molecule has 108 valence electrons. The Morgan fingerprint density at radius 1 is 1.35 bits per heavy atom. The minimum Gasteiger partial charge on any atom is -0.481 e. The second kappa shape index (κ2) is 6.38. The Morgan fingerprint density at radius 2 is 2.05 bits per heavy atom. The topological polar surface area (TPSA) is 78.9 Å². The average molecular weight is 278 g/mol. The lowest BCUT2D eigenvalue weighted by Crippen LogP contribution is -2.47. The summed E-state index contributed by atoms with van der Waals surface area (Å²) in [5.41, 5.74) is 1.02. The van der Waals surface area contributed by atoms with E-state index in [1.54, 1.807) is 7.05 Å². The van der Waals surface area contributed by atoms with Crippen LogP contribution in [0.5, 0.6) is 0 Å². The lowest BCUT2D eigenvalue weighted by atomic mass is 10.0. The summed E-state index contributed by atoms with van der Waals surface area (Å²) in [7, 11) is 1.67. The van der Waals surface area contributed by atoms with Crippen molar-refractivity contribution in [1.29, 1.82) is 0 Å². The number of hydrogen-bond acceptors (Lipinski definition) is 3. The third-order valence-electron chi connectivity index (χ3n) is 3.32. The van der Waals surface area contributed by atoms with E-state index in [1.165, 1.54) is 4.90 Å². The van der Waals surface area contributed by atoms with E-state index in [-0.39, 0.29) is 19.2 Å². The summed E-state index contributed by atoms with van der Waals surface area (Å²) in [5, 5.41) is 11.7. The van der Waals surface area contributed by atoms with Gasteiger partial charge in [-0.15, -0.1) is 0 Å². The molecule has 1 aliphatic heterocycles. The van der Waals surface area contributed by atoms with Crippen molar-refractivity contribution < 1.29 is 19.4 Å². The van der Waals surface area contributed by atoms with Crippen molar-refractivity contribution >= 4 is 12.0 Å². The van der Waals surface area contributed by atoms with Gasteiger partial charge in [0, 0.05) is 13.6 Å². The summed E-state index contributed by atoms with van der Waals surface area (Å²) in [4.78, 5) is 24.6. The van der Waals surface area contributed by atoms with E-state index >= 15 is 0 Å². The van der Waals surface area contributed by atoms with Crippen LogP contribution in [0.3, 0.4) is 0 Å². The monoisotopic (exact) mass is 278 g/mol. The Morgan fingerprint density at radius 3 is 2.70 bits per heavy atom. The number of hydrogen-bond donors (Lipinski definition) is 2. The molecule has 0 aliphatic carbocycles. The first-order valence-electron chi connectivity index (χ1n) is 6.44. The molecule has 6 heteroatoms. The third-order valence-corrected chi connectivity index (χ3v) is 3.32. The molecular weight excluding hydrogens is 260 g/mol. The van der Waals surface area contributed by atoms with E-state index in [1.807, 2.05) is 30.3 Å². The quantitative estimate of drug-likeness (QED) is 0.858. The first-order chi connectivity index (χ1) is 9.58. The van der Waals surface area contributed by atoms with Crippen LogP contribution < -0.4 is 5.32 Å². The maximum atomic E-state index is 12.0. The maximum absolute atomic E-state index is 12.0. The normalized spacial score (nSPS) is 21.4. The van der Waals surface area contributed by atoms with Crippen LogP contribution in [0.4, 0.5) is 4.79 Å².